The monoisotopic (exact) mass is 474 g/mol. The summed E-state index contributed by atoms with van der Waals surface area (Å²) < 4.78 is 8.69. The number of halogens is 1. The molecule has 0 aliphatic heterocycles. The van der Waals surface area contributed by atoms with Gasteiger partial charge in [0.2, 0.25) is 0 Å². The summed E-state index contributed by atoms with van der Waals surface area (Å²) in [6.07, 6.45) is 0.218. The van der Waals surface area contributed by atoms with Crippen LogP contribution in [0.15, 0.2) is 51.9 Å². The Bertz CT molecular complexity index is 1100. The van der Waals surface area contributed by atoms with Crippen LogP contribution in [-0.4, -0.2) is 23.1 Å². The Morgan fingerprint density at radius 3 is 2.55 bits per heavy atom. The molecule has 1 amide bonds. The van der Waals surface area contributed by atoms with Gasteiger partial charge in [-0.1, -0.05) is 65.4 Å². The summed E-state index contributed by atoms with van der Waals surface area (Å²) >= 11 is 4.84. The molecule has 152 valence electrons. The zero-order chi connectivity index (χ0) is 21.0. The van der Waals surface area contributed by atoms with E-state index in [0.29, 0.717) is 17.3 Å². The summed E-state index contributed by atoms with van der Waals surface area (Å²) in [5.41, 5.74) is 3.00. The third-order valence-electron chi connectivity index (χ3n) is 4.46. The maximum Gasteiger partial charge on any atom is 0.326 e. The highest BCUT2D eigenvalue weighted by Gasteiger charge is 2.13. The van der Waals surface area contributed by atoms with E-state index in [1.54, 1.807) is 11.5 Å². The Morgan fingerprint density at radius 1 is 1.17 bits per heavy atom. The molecular formula is C22H23BrN2O3S. The fourth-order valence-corrected chi connectivity index (χ4v) is 4.56. The van der Waals surface area contributed by atoms with Crippen LogP contribution in [0.2, 0.25) is 0 Å². The standard InChI is InChI=1S/C22H23BrN2O3S/c1-4-28-21(27)13-25-18-10-9-17(23)12-19(18)29-22(25)24-20(26)11-15-5-7-16(8-6-15)14(2)3/h5-10,12,14H,4,11,13H2,1-3H3. The summed E-state index contributed by atoms with van der Waals surface area (Å²) in [5, 5.41) is 0. The minimum absolute atomic E-state index is 0.0185. The lowest BCUT2D eigenvalue weighted by atomic mass is 10.0. The Balaban J connectivity index is 1.92. The smallest absolute Gasteiger partial charge is 0.326 e. The number of carbonyl (C=O) groups is 2. The number of nitrogens with zero attached hydrogens (tertiary/aromatic N) is 2. The molecule has 0 radical (unpaired) electrons. The van der Waals surface area contributed by atoms with Crippen LogP contribution in [0.3, 0.4) is 0 Å². The molecule has 1 aromatic heterocycles. The number of carbonyl (C=O) groups excluding carboxylic acids is 2. The van der Waals surface area contributed by atoms with E-state index < -0.39 is 0 Å². The molecule has 7 heteroatoms. The first-order valence-corrected chi connectivity index (χ1v) is 11.1. The number of rotatable bonds is 6. The number of hydrogen-bond acceptors (Lipinski definition) is 4. The van der Waals surface area contributed by atoms with E-state index in [9.17, 15) is 9.59 Å². The largest absolute Gasteiger partial charge is 0.465 e. The summed E-state index contributed by atoms with van der Waals surface area (Å²) in [6, 6.07) is 13.8. The lowest BCUT2D eigenvalue weighted by Gasteiger charge is -2.06. The topological polar surface area (TPSA) is 60.7 Å². The molecule has 0 bridgehead atoms. The van der Waals surface area contributed by atoms with Crippen molar-refractivity contribution >= 4 is 49.4 Å². The van der Waals surface area contributed by atoms with Crippen molar-refractivity contribution in [3.05, 3.63) is 62.9 Å². The van der Waals surface area contributed by atoms with Gasteiger partial charge >= 0.3 is 5.97 Å². The van der Waals surface area contributed by atoms with Crippen molar-refractivity contribution in [1.29, 1.82) is 0 Å². The lowest BCUT2D eigenvalue weighted by molar-refractivity contribution is -0.143. The maximum absolute atomic E-state index is 12.6. The van der Waals surface area contributed by atoms with Gasteiger partial charge in [-0.2, -0.15) is 4.99 Å². The molecule has 2 aromatic carbocycles. The molecule has 1 heterocycles. The lowest BCUT2D eigenvalue weighted by Crippen LogP contribution is -2.23. The number of esters is 1. The van der Waals surface area contributed by atoms with Gasteiger partial charge in [-0.25, -0.2) is 0 Å². The van der Waals surface area contributed by atoms with E-state index in [0.717, 1.165) is 20.3 Å². The van der Waals surface area contributed by atoms with Crippen LogP contribution in [0.5, 0.6) is 0 Å². The van der Waals surface area contributed by atoms with Gasteiger partial charge in [-0.05, 0) is 42.2 Å². The second-order valence-corrected chi connectivity index (χ2v) is 8.89. The first kappa shape index (κ1) is 21.5. The van der Waals surface area contributed by atoms with E-state index in [-0.39, 0.29) is 24.8 Å². The van der Waals surface area contributed by atoms with E-state index in [1.165, 1.54) is 16.9 Å². The molecule has 0 spiro atoms. The fourth-order valence-electron chi connectivity index (χ4n) is 2.96. The number of fused-ring (bicyclic) bond motifs is 1. The molecule has 0 saturated carbocycles. The van der Waals surface area contributed by atoms with Gasteiger partial charge in [0.1, 0.15) is 6.54 Å². The van der Waals surface area contributed by atoms with Crippen LogP contribution in [0.4, 0.5) is 0 Å². The Morgan fingerprint density at radius 2 is 1.90 bits per heavy atom. The molecule has 0 N–H and O–H groups in total. The van der Waals surface area contributed by atoms with Gasteiger partial charge in [0, 0.05) is 4.47 Å². The van der Waals surface area contributed by atoms with Crippen molar-refractivity contribution < 1.29 is 14.3 Å². The molecule has 0 unspecified atom stereocenters. The van der Waals surface area contributed by atoms with E-state index in [1.807, 2.05) is 42.5 Å². The zero-order valence-corrected chi connectivity index (χ0v) is 19.0. The second kappa shape index (κ2) is 9.50. The van der Waals surface area contributed by atoms with Crippen molar-refractivity contribution in [3.8, 4) is 0 Å². The van der Waals surface area contributed by atoms with Crippen molar-refractivity contribution in [2.24, 2.45) is 4.99 Å². The van der Waals surface area contributed by atoms with Gasteiger partial charge in [0.25, 0.3) is 5.91 Å². The first-order valence-electron chi connectivity index (χ1n) is 9.48. The van der Waals surface area contributed by atoms with Gasteiger partial charge in [0.15, 0.2) is 4.80 Å². The minimum Gasteiger partial charge on any atom is -0.465 e. The summed E-state index contributed by atoms with van der Waals surface area (Å²) in [5.74, 6) is -0.150. The van der Waals surface area contributed by atoms with Crippen LogP contribution < -0.4 is 4.80 Å². The Kier molecular flexibility index (Phi) is 7.03. The van der Waals surface area contributed by atoms with E-state index in [2.05, 4.69) is 34.8 Å². The van der Waals surface area contributed by atoms with E-state index >= 15 is 0 Å². The highest BCUT2D eigenvalue weighted by atomic mass is 79.9. The van der Waals surface area contributed by atoms with Crippen LogP contribution in [0.1, 0.15) is 37.8 Å². The zero-order valence-electron chi connectivity index (χ0n) is 16.6. The SMILES string of the molecule is CCOC(=O)Cn1c(=NC(=O)Cc2ccc(C(C)C)cc2)sc2cc(Br)ccc21. The summed E-state index contributed by atoms with van der Waals surface area (Å²) in [7, 11) is 0. The average Bonchev–Trinajstić information content (AvgIpc) is 2.98. The molecule has 0 fully saturated rings. The van der Waals surface area contributed by atoms with Crippen LogP contribution in [-0.2, 0) is 27.3 Å². The molecule has 3 aromatic rings. The predicted octanol–water partition coefficient (Wildman–Crippen LogP) is 4.82. The highest BCUT2D eigenvalue weighted by Crippen LogP contribution is 2.22. The molecule has 5 nitrogen and oxygen atoms in total. The third kappa shape index (κ3) is 5.42. The van der Waals surface area contributed by atoms with Crippen molar-refractivity contribution in [2.75, 3.05) is 6.61 Å². The second-order valence-electron chi connectivity index (χ2n) is 6.97. The Hall–Kier alpha value is -2.25. The van der Waals surface area contributed by atoms with Crippen LogP contribution in [0, 0.1) is 0 Å². The number of aromatic nitrogens is 1. The quantitative estimate of drug-likeness (QED) is 0.481. The first-order chi connectivity index (χ1) is 13.9. The molecule has 3 rings (SSSR count). The van der Waals surface area contributed by atoms with E-state index in [4.69, 9.17) is 4.74 Å². The fraction of sp³-hybridized carbons (Fsp3) is 0.318. The average molecular weight is 475 g/mol. The Labute approximate surface area is 182 Å². The van der Waals surface area contributed by atoms with Crippen molar-refractivity contribution in [3.63, 3.8) is 0 Å². The minimum atomic E-state index is -0.353. The number of benzene rings is 2. The van der Waals surface area contributed by atoms with Crippen LogP contribution >= 0.6 is 27.3 Å². The van der Waals surface area contributed by atoms with Gasteiger partial charge < -0.3 is 9.30 Å². The molecule has 0 aliphatic rings. The van der Waals surface area contributed by atoms with Gasteiger partial charge in [-0.15, -0.1) is 0 Å². The number of hydrogen-bond donors (Lipinski definition) is 0. The summed E-state index contributed by atoms with van der Waals surface area (Å²) in [6.45, 7) is 6.37. The van der Waals surface area contributed by atoms with Crippen molar-refractivity contribution in [2.45, 2.75) is 39.7 Å². The maximum atomic E-state index is 12.6. The third-order valence-corrected chi connectivity index (χ3v) is 5.99. The number of thiazole rings is 1. The van der Waals surface area contributed by atoms with Crippen molar-refractivity contribution in [1.82, 2.24) is 4.57 Å². The molecule has 29 heavy (non-hydrogen) atoms. The molecular weight excluding hydrogens is 452 g/mol. The van der Waals surface area contributed by atoms with Crippen LogP contribution in [0.25, 0.3) is 10.2 Å². The molecule has 0 atom stereocenters. The molecule has 0 saturated heterocycles. The number of ether oxygens (including phenoxy) is 1. The predicted molar refractivity (Wildman–Crippen MR) is 119 cm³/mol. The van der Waals surface area contributed by atoms with Gasteiger partial charge in [0.05, 0.1) is 23.2 Å². The summed E-state index contributed by atoms with van der Waals surface area (Å²) in [4.78, 5) is 29.5. The number of amides is 1. The van der Waals surface area contributed by atoms with Gasteiger partial charge in [-0.3, -0.25) is 9.59 Å². The highest BCUT2D eigenvalue weighted by molar-refractivity contribution is 9.10. The normalized spacial score (nSPS) is 12.0. The molecule has 0 aliphatic carbocycles.